The van der Waals surface area contributed by atoms with E-state index in [0.717, 1.165) is 25.9 Å². The lowest BCUT2D eigenvalue weighted by atomic mass is 9.83. The Morgan fingerprint density at radius 1 is 1.30 bits per heavy atom. The molecule has 1 atom stereocenters. The van der Waals surface area contributed by atoms with Gasteiger partial charge >= 0.3 is 0 Å². The van der Waals surface area contributed by atoms with Crippen molar-refractivity contribution in [1.29, 1.82) is 0 Å². The molecular formula is C15H29N3O2. The molecule has 1 heterocycles. The zero-order valence-electron chi connectivity index (χ0n) is 13.0. The molecule has 0 aromatic heterocycles. The van der Waals surface area contributed by atoms with Crippen LogP contribution in [-0.2, 0) is 9.59 Å². The van der Waals surface area contributed by atoms with E-state index in [1.807, 2.05) is 13.8 Å². The standard InChI is InChI=1S/C15H29N3O2/c1-4-15(5-2,14(16)20)18-13(19)10-11(3)12-6-8-17-9-7-12/h11-12,17H,4-10H2,1-3H3,(H2,16,20)(H,18,19). The molecule has 1 rings (SSSR count). The van der Waals surface area contributed by atoms with E-state index in [4.69, 9.17) is 5.73 Å². The van der Waals surface area contributed by atoms with Gasteiger partial charge in [-0.1, -0.05) is 20.8 Å². The van der Waals surface area contributed by atoms with Crippen molar-refractivity contribution in [1.82, 2.24) is 10.6 Å². The lowest BCUT2D eigenvalue weighted by Gasteiger charge is -2.32. The van der Waals surface area contributed by atoms with Crippen molar-refractivity contribution < 1.29 is 9.59 Å². The second-order valence-electron chi connectivity index (χ2n) is 5.97. The first-order valence-corrected chi connectivity index (χ1v) is 7.76. The highest BCUT2D eigenvalue weighted by atomic mass is 16.2. The Hall–Kier alpha value is -1.10. The van der Waals surface area contributed by atoms with Crippen LogP contribution in [0.4, 0.5) is 0 Å². The number of hydrogen-bond acceptors (Lipinski definition) is 3. The fraction of sp³-hybridized carbons (Fsp3) is 0.867. The second-order valence-corrected chi connectivity index (χ2v) is 5.97. The number of rotatable bonds is 7. The molecule has 0 saturated carbocycles. The third-order valence-electron chi connectivity index (χ3n) is 4.75. The maximum Gasteiger partial charge on any atom is 0.243 e. The lowest BCUT2D eigenvalue weighted by Crippen LogP contribution is -2.57. The van der Waals surface area contributed by atoms with Crippen LogP contribution in [0, 0.1) is 11.8 Å². The van der Waals surface area contributed by atoms with Crippen molar-refractivity contribution in [2.45, 2.75) is 58.4 Å². The summed E-state index contributed by atoms with van der Waals surface area (Å²) in [4.78, 5) is 23.8. The summed E-state index contributed by atoms with van der Waals surface area (Å²) in [7, 11) is 0. The number of piperidine rings is 1. The number of nitrogens with one attached hydrogen (secondary N) is 2. The molecule has 0 aromatic carbocycles. The first-order valence-electron chi connectivity index (χ1n) is 7.76. The van der Waals surface area contributed by atoms with Crippen LogP contribution in [0.15, 0.2) is 0 Å². The molecule has 0 spiro atoms. The fourth-order valence-corrected chi connectivity index (χ4v) is 3.03. The van der Waals surface area contributed by atoms with Gasteiger partial charge < -0.3 is 16.4 Å². The fourth-order valence-electron chi connectivity index (χ4n) is 3.03. The van der Waals surface area contributed by atoms with Gasteiger partial charge in [0.25, 0.3) is 0 Å². The highest BCUT2D eigenvalue weighted by Crippen LogP contribution is 2.25. The van der Waals surface area contributed by atoms with E-state index in [1.54, 1.807) is 0 Å². The van der Waals surface area contributed by atoms with E-state index in [2.05, 4.69) is 17.6 Å². The lowest BCUT2D eigenvalue weighted by molar-refractivity contribution is -0.132. The Kier molecular flexibility index (Phi) is 6.46. The van der Waals surface area contributed by atoms with Crippen molar-refractivity contribution in [2.24, 2.45) is 17.6 Å². The molecule has 0 radical (unpaired) electrons. The largest absolute Gasteiger partial charge is 0.368 e. The SMILES string of the molecule is CCC(CC)(NC(=O)CC(C)C1CCNCC1)C(N)=O. The summed E-state index contributed by atoms with van der Waals surface area (Å²) in [6, 6.07) is 0. The monoisotopic (exact) mass is 283 g/mol. The summed E-state index contributed by atoms with van der Waals surface area (Å²) in [6.07, 6.45) is 3.78. The van der Waals surface area contributed by atoms with Crippen LogP contribution in [0.1, 0.15) is 52.9 Å². The van der Waals surface area contributed by atoms with E-state index in [1.165, 1.54) is 0 Å². The van der Waals surface area contributed by atoms with Gasteiger partial charge in [-0.05, 0) is 50.6 Å². The minimum atomic E-state index is -0.884. The van der Waals surface area contributed by atoms with Crippen molar-refractivity contribution in [3.05, 3.63) is 0 Å². The predicted octanol–water partition coefficient (Wildman–Crippen LogP) is 1.17. The number of carbonyl (C=O) groups excluding carboxylic acids is 2. The van der Waals surface area contributed by atoms with Crippen molar-refractivity contribution in [3.63, 3.8) is 0 Å². The molecule has 1 saturated heterocycles. The Morgan fingerprint density at radius 2 is 1.85 bits per heavy atom. The number of nitrogens with two attached hydrogens (primary N) is 1. The molecule has 1 unspecified atom stereocenters. The van der Waals surface area contributed by atoms with Gasteiger partial charge in [0.2, 0.25) is 11.8 Å². The normalized spacial score (nSPS) is 18.6. The second kappa shape index (κ2) is 7.62. The van der Waals surface area contributed by atoms with Gasteiger partial charge in [0.05, 0.1) is 0 Å². The first-order chi connectivity index (χ1) is 9.45. The summed E-state index contributed by atoms with van der Waals surface area (Å²) in [5.41, 5.74) is 4.57. The summed E-state index contributed by atoms with van der Waals surface area (Å²) in [6.45, 7) is 7.95. The van der Waals surface area contributed by atoms with Crippen LogP contribution in [0.3, 0.4) is 0 Å². The molecule has 0 bridgehead atoms. The van der Waals surface area contributed by atoms with Gasteiger partial charge in [0.15, 0.2) is 0 Å². The van der Waals surface area contributed by atoms with Crippen molar-refractivity contribution >= 4 is 11.8 Å². The van der Waals surface area contributed by atoms with Gasteiger partial charge in [-0.2, -0.15) is 0 Å². The molecule has 1 aliphatic rings. The number of hydrogen-bond donors (Lipinski definition) is 3. The van der Waals surface area contributed by atoms with Crippen LogP contribution in [-0.4, -0.2) is 30.4 Å². The zero-order chi connectivity index (χ0) is 15.2. The molecule has 20 heavy (non-hydrogen) atoms. The van der Waals surface area contributed by atoms with Gasteiger partial charge in [-0.25, -0.2) is 0 Å². The van der Waals surface area contributed by atoms with Gasteiger partial charge in [0.1, 0.15) is 5.54 Å². The summed E-state index contributed by atoms with van der Waals surface area (Å²) < 4.78 is 0. The van der Waals surface area contributed by atoms with Crippen LogP contribution >= 0.6 is 0 Å². The van der Waals surface area contributed by atoms with Crippen LogP contribution in [0.2, 0.25) is 0 Å². The first kappa shape index (κ1) is 17.0. The highest BCUT2D eigenvalue weighted by Gasteiger charge is 2.35. The molecule has 116 valence electrons. The van der Waals surface area contributed by atoms with E-state index in [9.17, 15) is 9.59 Å². The summed E-state index contributed by atoms with van der Waals surface area (Å²) in [5.74, 6) is 0.438. The maximum absolute atomic E-state index is 12.2. The average Bonchev–Trinajstić information content (AvgIpc) is 2.45. The van der Waals surface area contributed by atoms with Crippen LogP contribution in [0.5, 0.6) is 0 Å². The smallest absolute Gasteiger partial charge is 0.243 e. The molecule has 0 aliphatic carbocycles. The molecule has 2 amide bonds. The van der Waals surface area contributed by atoms with E-state index in [-0.39, 0.29) is 5.91 Å². The van der Waals surface area contributed by atoms with Gasteiger partial charge in [-0.3, -0.25) is 9.59 Å². The Labute approximate surface area is 122 Å². The molecule has 0 aromatic rings. The highest BCUT2D eigenvalue weighted by molar-refractivity contribution is 5.90. The third-order valence-corrected chi connectivity index (χ3v) is 4.75. The number of primary amides is 1. The maximum atomic E-state index is 12.2. The molecule has 5 heteroatoms. The van der Waals surface area contributed by atoms with Crippen LogP contribution < -0.4 is 16.4 Å². The quantitative estimate of drug-likeness (QED) is 0.656. The molecule has 5 nitrogen and oxygen atoms in total. The van der Waals surface area contributed by atoms with Gasteiger partial charge in [0, 0.05) is 6.42 Å². The molecular weight excluding hydrogens is 254 g/mol. The predicted molar refractivity (Wildman–Crippen MR) is 80.0 cm³/mol. The van der Waals surface area contributed by atoms with E-state index >= 15 is 0 Å². The summed E-state index contributed by atoms with van der Waals surface area (Å²) >= 11 is 0. The molecule has 4 N–H and O–H groups in total. The molecule has 1 aliphatic heterocycles. The number of amides is 2. The topological polar surface area (TPSA) is 84.2 Å². The Bertz CT molecular complexity index is 334. The summed E-state index contributed by atoms with van der Waals surface area (Å²) in [5, 5.41) is 6.20. The van der Waals surface area contributed by atoms with E-state index < -0.39 is 11.4 Å². The van der Waals surface area contributed by atoms with Crippen LogP contribution in [0.25, 0.3) is 0 Å². The minimum absolute atomic E-state index is 0.0569. The zero-order valence-corrected chi connectivity index (χ0v) is 13.0. The van der Waals surface area contributed by atoms with Crippen molar-refractivity contribution in [3.8, 4) is 0 Å². The average molecular weight is 283 g/mol. The third kappa shape index (κ3) is 4.20. The van der Waals surface area contributed by atoms with E-state index in [0.29, 0.717) is 31.1 Å². The van der Waals surface area contributed by atoms with Gasteiger partial charge in [-0.15, -0.1) is 0 Å². The van der Waals surface area contributed by atoms with Crippen molar-refractivity contribution in [2.75, 3.05) is 13.1 Å². The Balaban J connectivity index is 2.54. The number of carbonyl (C=O) groups is 2. The molecule has 1 fully saturated rings. The Morgan fingerprint density at radius 3 is 2.30 bits per heavy atom. The minimum Gasteiger partial charge on any atom is -0.368 e.